The van der Waals surface area contributed by atoms with E-state index in [2.05, 4.69) is 5.32 Å². The average Bonchev–Trinajstić information content (AvgIpc) is 2.63. The quantitative estimate of drug-likeness (QED) is 0.885. The molecule has 2 aromatic carbocycles. The fraction of sp³-hybridized carbons (Fsp3) is 0.263. The summed E-state index contributed by atoms with van der Waals surface area (Å²) in [4.78, 5) is 26.5. The van der Waals surface area contributed by atoms with Gasteiger partial charge in [-0.1, -0.05) is 23.7 Å². The first-order valence-corrected chi connectivity index (χ1v) is 8.56. The zero-order valence-corrected chi connectivity index (χ0v) is 14.4. The van der Waals surface area contributed by atoms with Crippen LogP contribution in [0.4, 0.5) is 0 Å². The molecule has 2 amide bonds. The lowest BCUT2D eigenvalue weighted by atomic mass is 10.0. The number of aromatic hydroxyl groups is 1. The van der Waals surface area contributed by atoms with Gasteiger partial charge in [-0.25, -0.2) is 0 Å². The third kappa shape index (κ3) is 4.12. The molecule has 0 bridgehead atoms. The summed E-state index contributed by atoms with van der Waals surface area (Å²) in [6.07, 6.45) is 1.36. The van der Waals surface area contributed by atoms with Crippen LogP contribution in [-0.2, 0) is 0 Å². The van der Waals surface area contributed by atoms with E-state index in [0.29, 0.717) is 36.5 Å². The van der Waals surface area contributed by atoms with E-state index < -0.39 is 0 Å². The van der Waals surface area contributed by atoms with Crippen molar-refractivity contribution in [1.82, 2.24) is 10.2 Å². The van der Waals surface area contributed by atoms with Crippen LogP contribution in [0.2, 0.25) is 5.02 Å². The van der Waals surface area contributed by atoms with Crippen LogP contribution in [0.5, 0.6) is 5.75 Å². The Morgan fingerprint density at radius 1 is 1.04 bits per heavy atom. The molecule has 1 saturated heterocycles. The Kier molecular flexibility index (Phi) is 5.24. The van der Waals surface area contributed by atoms with Crippen LogP contribution < -0.4 is 5.32 Å². The Labute approximate surface area is 151 Å². The number of phenols is 1. The summed E-state index contributed by atoms with van der Waals surface area (Å²) in [7, 11) is 0. The molecule has 0 radical (unpaired) electrons. The lowest BCUT2D eigenvalue weighted by Crippen LogP contribution is -2.46. The number of nitrogens with one attached hydrogen (secondary N) is 1. The minimum absolute atomic E-state index is 0.0126. The second-order valence-corrected chi connectivity index (χ2v) is 6.50. The number of halogens is 1. The number of likely N-dealkylation sites (tertiary alicyclic amines) is 1. The van der Waals surface area contributed by atoms with Crippen molar-refractivity contribution in [1.29, 1.82) is 0 Å². The molecular formula is C19H19ClN2O3. The highest BCUT2D eigenvalue weighted by molar-refractivity contribution is 6.30. The first-order chi connectivity index (χ1) is 12.0. The average molecular weight is 359 g/mol. The van der Waals surface area contributed by atoms with Crippen LogP contribution in [0, 0.1) is 0 Å². The fourth-order valence-electron chi connectivity index (χ4n) is 2.93. The summed E-state index contributed by atoms with van der Waals surface area (Å²) in [5.74, 6) is -0.349. The summed E-state index contributed by atoms with van der Waals surface area (Å²) < 4.78 is 0. The first-order valence-electron chi connectivity index (χ1n) is 8.18. The SMILES string of the molecule is O=C(NC1CCN(C(=O)c2ccc(Cl)cc2)CC1)c1ccccc1O. The maximum absolute atomic E-state index is 12.5. The third-order valence-corrected chi connectivity index (χ3v) is 4.61. The van der Waals surface area contributed by atoms with Gasteiger partial charge in [0.15, 0.2) is 0 Å². The summed E-state index contributed by atoms with van der Waals surface area (Å²) in [5.41, 5.74) is 0.878. The molecule has 0 aliphatic carbocycles. The standard InChI is InChI=1S/C19H19ClN2O3/c20-14-7-5-13(6-8-14)19(25)22-11-9-15(10-12-22)21-18(24)16-3-1-2-4-17(16)23/h1-8,15,23H,9-12H2,(H,21,24). The largest absolute Gasteiger partial charge is 0.507 e. The molecular weight excluding hydrogens is 340 g/mol. The molecule has 2 N–H and O–H groups in total. The van der Waals surface area contributed by atoms with E-state index in [1.807, 2.05) is 0 Å². The van der Waals surface area contributed by atoms with Gasteiger partial charge in [0, 0.05) is 29.7 Å². The molecule has 130 valence electrons. The Bertz CT molecular complexity index is 768. The van der Waals surface area contributed by atoms with Gasteiger partial charge in [0.25, 0.3) is 11.8 Å². The predicted molar refractivity (Wildman–Crippen MR) is 96.0 cm³/mol. The number of piperidine rings is 1. The molecule has 2 aromatic rings. The second-order valence-electron chi connectivity index (χ2n) is 6.06. The number of phenolic OH excluding ortho intramolecular Hbond substituents is 1. The van der Waals surface area contributed by atoms with Crippen LogP contribution >= 0.6 is 11.6 Å². The van der Waals surface area contributed by atoms with Gasteiger partial charge in [-0.2, -0.15) is 0 Å². The maximum atomic E-state index is 12.5. The lowest BCUT2D eigenvalue weighted by Gasteiger charge is -2.32. The summed E-state index contributed by atoms with van der Waals surface area (Å²) in [6.45, 7) is 1.15. The van der Waals surface area contributed by atoms with Crippen LogP contribution in [-0.4, -0.2) is 41.0 Å². The van der Waals surface area contributed by atoms with Gasteiger partial charge in [0.1, 0.15) is 5.75 Å². The smallest absolute Gasteiger partial charge is 0.255 e. The van der Waals surface area contributed by atoms with Gasteiger partial charge in [0.05, 0.1) is 5.56 Å². The Morgan fingerprint density at radius 2 is 1.68 bits per heavy atom. The van der Waals surface area contributed by atoms with Crippen LogP contribution in [0.1, 0.15) is 33.6 Å². The van der Waals surface area contributed by atoms with Gasteiger partial charge in [-0.05, 0) is 49.2 Å². The highest BCUT2D eigenvalue weighted by Gasteiger charge is 2.25. The molecule has 1 aliphatic rings. The zero-order chi connectivity index (χ0) is 17.8. The number of para-hydroxylation sites is 1. The zero-order valence-electron chi connectivity index (χ0n) is 13.6. The van der Waals surface area contributed by atoms with Crippen molar-refractivity contribution in [3.63, 3.8) is 0 Å². The summed E-state index contributed by atoms with van der Waals surface area (Å²) in [6, 6.07) is 13.3. The molecule has 0 aromatic heterocycles. The number of carbonyl (C=O) groups is 2. The van der Waals surface area contributed by atoms with E-state index in [4.69, 9.17) is 11.6 Å². The number of rotatable bonds is 3. The van der Waals surface area contributed by atoms with Crippen molar-refractivity contribution in [2.75, 3.05) is 13.1 Å². The van der Waals surface area contributed by atoms with Crippen molar-refractivity contribution >= 4 is 23.4 Å². The number of hydrogen-bond donors (Lipinski definition) is 2. The van der Waals surface area contributed by atoms with Gasteiger partial charge in [-0.15, -0.1) is 0 Å². The van der Waals surface area contributed by atoms with E-state index in [9.17, 15) is 14.7 Å². The topological polar surface area (TPSA) is 69.6 Å². The molecule has 5 nitrogen and oxygen atoms in total. The summed E-state index contributed by atoms with van der Waals surface area (Å²) >= 11 is 5.85. The van der Waals surface area contributed by atoms with E-state index >= 15 is 0 Å². The molecule has 25 heavy (non-hydrogen) atoms. The van der Waals surface area contributed by atoms with Gasteiger partial charge in [0.2, 0.25) is 0 Å². The monoisotopic (exact) mass is 358 g/mol. The molecule has 0 atom stereocenters. The van der Waals surface area contributed by atoms with Gasteiger partial charge < -0.3 is 15.3 Å². The molecule has 1 fully saturated rings. The number of carbonyl (C=O) groups excluding carboxylic acids is 2. The first kappa shape index (κ1) is 17.3. The lowest BCUT2D eigenvalue weighted by molar-refractivity contribution is 0.0698. The molecule has 6 heteroatoms. The number of amides is 2. The van der Waals surface area contributed by atoms with Crippen LogP contribution in [0.3, 0.4) is 0 Å². The van der Waals surface area contributed by atoms with E-state index in [0.717, 1.165) is 0 Å². The van der Waals surface area contributed by atoms with E-state index in [1.54, 1.807) is 47.4 Å². The van der Waals surface area contributed by atoms with Gasteiger partial charge >= 0.3 is 0 Å². The Balaban J connectivity index is 1.55. The predicted octanol–water partition coefficient (Wildman–Crippen LogP) is 3.08. The molecule has 3 rings (SSSR count). The highest BCUT2D eigenvalue weighted by atomic mass is 35.5. The second kappa shape index (κ2) is 7.57. The Morgan fingerprint density at radius 3 is 2.32 bits per heavy atom. The van der Waals surface area contributed by atoms with Crippen LogP contribution in [0.15, 0.2) is 48.5 Å². The third-order valence-electron chi connectivity index (χ3n) is 4.36. The summed E-state index contributed by atoms with van der Waals surface area (Å²) in [5, 5.41) is 13.3. The van der Waals surface area contributed by atoms with Crippen molar-refractivity contribution in [2.24, 2.45) is 0 Å². The van der Waals surface area contributed by atoms with Crippen LogP contribution in [0.25, 0.3) is 0 Å². The van der Waals surface area contributed by atoms with Crippen molar-refractivity contribution in [3.8, 4) is 5.75 Å². The fourth-order valence-corrected chi connectivity index (χ4v) is 3.06. The van der Waals surface area contributed by atoms with Gasteiger partial charge in [-0.3, -0.25) is 9.59 Å². The normalized spacial score (nSPS) is 15.0. The number of hydrogen-bond acceptors (Lipinski definition) is 3. The molecule has 1 heterocycles. The maximum Gasteiger partial charge on any atom is 0.255 e. The Hall–Kier alpha value is -2.53. The minimum atomic E-state index is -0.291. The molecule has 1 aliphatic heterocycles. The number of nitrogens with zero attached hydrogens (tertiary/aromatic N) is 1. The highest BCUT2D eigenvalue weighted by Crippen LogP contribution is 2.19. The van der Waals surface area contributed by atoms with Crippen molar-refractivity contribution in [3.05, 3.63) is 64.7 Å². The molecule has 0 saturated carbocycles. The molecule has 0 spiro atoms. The van der Waals surface area contributed by atoms with E-state index in [-0.39, 0.29) is 29.2 Å². The van der Waals surface area contributed by atoms with E-state index in [1.165, 1.54) is 6.07 Å². The molecule has 0 unspecified atom stereocenters. The van der Waals surface area contributed by atoms with Crippen molar-refractivity contribution in [2.45, 2.75) is 18.9 Å². The van der Waals surface area contributed by atoms with Crippen molar-refractivity contribution < 1.29 is 14.7 Å². The number of benzene rings is 2. The minimum Gasteiger partial charge on any atom is -0.507 e.